The van der Waals surface area contributed by atoms with Crippen LogP contribution in [0.5, 0.6) is 0 Å². The number of amides is 1. The molecule has 28 heavy (non-hydrogen) atoms. The number of rotatable bonds is 6. The lowest BCUT2D eigenvalue weighted by Gasteiger charge is -2.15. The number of hydrogen-bond donors (Lipinski definition) is 1. The third kappa shape index (κ3) is 4.37. The Balaban J connectivity index is 1.52. The Morgan fingerprint density at radius 2 is 2.18 bits per heavy atom. The summed E-state index contributed by atoms with van der Waals surface area (Å²) in [4.78, 5) is 23.9. The summed E-state index contributed by atoms with van der Waals surface area (Å²) >= 11 is 3.15. The highest BCUT2D eigenvalue weighted by atomic mass is 32.2. The Kier molecular flexibility index (Phi) is 5.94. The third-order valence-electron chi connectivity index (χ3n) is 4.71. The number of nitrogens with zero attached hydrogens (tertiary/aromatic N) is 2. The average molecular weight is 414 g/mol. The van der Waals surface area contributed by atoms with E-state index in [1.54, 1.807) is 11.3 Å². The van der Waals surface area contributed by atoms with E-state index in [1.165, 1.54) is 17.3 Å². The summed E-state index contributed by atoms with van der Waals surface area (Å²) in [5.74, 6) is 0.742. The number of aryl methyl sites for hydroxylation is 1. The fourth-order valence-corrected chi connectivity index (χ4v) is 5.36. The number of thioether (sulfide) groups is 1. The Morgan fingerprint density at radius 3 is 2.93 bits per heavy atom. The molecule has 0 aliphatic carbocycles. The highest BCUT2D eigenvalue weighted by Crippen LogP contribution is 2.37. The van der Waals surface area contributed by atoms with Crippen LogP contribution in [0.1, 0.15) is 25.6 Å². The fraction of sp³-hybridized carbons (Fsp3) is 0.381. The van der Waals surface area contributed by atoms with Gasteiger partial charge in [0.25, 0.3) is 0 Å². The number of carbonyl (C=O) groups is 1. The summed E-state index contributed by atoms with van der Waals surface area (Å²) in [6.07, 6.45) is 2.25. The molecule has 5 nitrogen and oxygen atoms in total. The van der Waals surface area contributed by atoms with Crippen molar-refractivity contribution in [3.05, 3.63) is 42.2 Å². The molecule has 0 spiro atoms. The first-order chi connectivity index (χ1) is 13.6. The van der Waals surface area contributed by atoms with Crippen molar-refractivity contribution in [2.45, 2.75) is 43.1 Å². The SMILES string of the molecule is Cc1nc(S[C@@H](C)C(=O)NC[C@H]2CCCO2)c2cc(-c3ccccc3)sc2n1. The molecule has 1 amide bonds. The maximum absolute atomic E-state index is 12.5. The number of fused-ring (bicyclic) bond motifs is 1. The highest BCUT2D eigenvalue weighted by Gasteiger charge is 2.21. The Labute approximate surface area is 172 Å². The zero-order valence-corrected chi connectivity index (χ0v) is 17.6. The monoisotopic (exact) mass is 413 g/mol. The van der Waals surface area contributed by atoms with Gasteiger partial charge in [-0.15, -0.1) is 11.3 Å². The molecule has 1 aliphatic heterocycles. The maximum Gasteiger partial charge on any atom is 0.233 e. The van der Waals surface area contributed by atoms with Crippen molar-refractivity contribution in [1.82, 2.24) is 15.3 Å². The number of carbonyl (C=O) groups excluding carboxylic acids is 1. The largest absolute Gasteiger partial charge is 0.376 e. The molecule has 2 aromatic heterocycles. The number of benzene rings is 1. The normalized spacial score (nSPS) is 17.7. The smallest absolute Gasteiger partial charge is 0.233 e. The van der Waals surface area contributed by atoms with Crippen LogP contribution in [0.25, 0.3) is 20.7 Å². The first kappa shape index (κ1) is 19.4. The molecular formula is C21H23N3O2S2. The number of thiophene rings is 1. The van der Waals surface area contributed by atoms with Gasteiger partial charge < -0.3 is 10.1 Å². The van der Waals surface area contributed by atoms with E-state index in [9.17, 15) is 4.79 Å². The number of aromatic nitrogens is 2. The van der Waals surface area contributed by atoms with Gasteiger partial charge in [-0.3, -0.25) is 4.79 Å². The summed E-state index contributed by atoms with van der Waals surface area (Å²) in [5, 5.41) is 4.65. The lowest BCUT2D eigenvalue weighted by Crippen LogP contribution is -2.36. The van der Waals surface area contributed by atoms with Gasteiger partial charge in [0.05, 0.1) is 11.4 Å². The highest BCUT2D eigenvalue weighted by molar-refractivity contribution is 8.00. The molecule has 3 heterocycles. The number of hydrogen-bond acceptors (Lipinski definition) is 6. The van der Waals surface area contributed by atoms with E-state index in [0.717, 1.165) is 45.4 Å². The van der Waals surface area contributed by atoms with Crippen molar-refractivity contribution < 1.29 is 9.53 Å². The minimum Gasteiger partial charge on any atom is -0.376 e. The molecule has 1 N–H and O–H groups in total. The molecule has 0 radical (unpaired) electrons. The van der Waals surface area contributed by atoms with Crippen LogP contribution in [0.3, 0.4) is 0 Å². The van der Waals surface area contributed by atoms with E-state index >= 15 is 0 Å². The molecule has 1 saturated heterocycles. The van der Waals surface area contributed by atoms with Gasteiger partial charge >= 0.3 is 0 Å². The second-order valence-electron chi connectivity index (χ2n) is 6.91. The summed E-state index contributed by atoms with van der Waals surface area (Å²) in [6, 6.07) is 12.4. The first-order valence-electron chi connectivity index (χ1n) is 9.50. The topological polar surface area (TPSA) is 64.1 Å². The van der Waals surface area contributed by atoms with Gasteiger partial charge in [0, 0.05) is 23.4 Å². The van der Waals surface area contributed by atoms with Crippen molar-refractivity contribution in [2.24, 2.45) is 0 Å². The second-order valence-corrected chi connectivity index (χ2v) is 9.27. The second kappa shape index (κ2) is 8.59. The van der Waals surface area contributed by atoms with E-state index in [1.807, 2.05) is 32.0 Å². The molecule has 2 atom stereocenters. The Morgan fingerprint density at radius 1 is 1.36 bits per heavy atom. The summed E-state index contributed by atoms with van der Waals surface area (Å²) < 4.78 is 5.58. The summed E-state index contributed by atoms with van der Waals surface area (Å²) in [6.45, 7) is 5.19. The van der Waals surface area contributed by atoms with Crippen LogP contribution in [0.2, 0.25) is 0 Å². The fourth-order valence-electron chi connectivity index (χ4n) is 3.22. The predicted octanol–water partition coefficient (Wildman–Crippen LogP) is 4.44. The van der Waals surface area contributed by atoms with Crippen LogP contribution in [-0.4, -0.2) is 40.4 Å². The van der Waals surface area contributed by atoms with Crippen molar-refractivity contribution in [1.29, 1.82) is 0 Å². The Hall–Kier alpha value is -1.96. The zero-order valence-electron chi connectivity index (χ0n) is 16.0. The predicted molar refractivity (Wildman–Crippen MR) is 115 cm³/mol. The zero-order chi connectivity index (χ0) is 19.5. The van der Waals surface area contributed by atoms with E-state index < -0.39 is 0 Å². The van der Waals surface area contributed by atoms with Crippen molar-refractivity contribution in [3.63, 3.8) is 0 Å². The lowest BCUT2D eigenvalue weighted by molar-refractivity contribution is -0.120. The molecule has 0 saturated carbocycles. The van der Waals surface area contributed by atoms with E-state index in [2.05, 4.69) is 33.5 Å². The standard InChI is InChI=1S/C21H23N3O2S2/c1-13(19(25)22-12-16-9-6-10-26-16)27-20-17-11-18(15-7-4-3-5-8-15)28-21(17)24-14(2)23-20/h3-5,7-8,11,13,16H,6,9-10,12H2,1-2H3,(H,22,25)/t13-,16+/m0/s1. The van der Waals surface area contributed by atoms with Gasteiger partial charge in [-0.25, -0.2) is 9.97 Å². The molecule has 146 valence electrons. The number of ether oxygens (including phenoxy) is 1. The van der Waals surface area contributed by atoms with E-state index in [4.69, 9.17) is 4.74 Å². The van der Waals surface area contributed by atoms with Gasteiger partial charge in [-0.2, -0.15) is 0 Å². The van der Waals surface area contributed by atoms with Crippen LogP contribution in [0, 0.1) is 6.92 Å². The molecular weight excluding hydrogens is 390 g/mol. The maximum atomic E-state index is 12.5. The van der Waals surface area contributed by atoms with Crippen LogP contribution < -0.4 is 5.32 Å². The molecule has 0 bridgehead atoms. The summed E-state index contributed by atoms with van der Waals surface area (Å²) in [7, 11) is 0. The summed E-state index contributed by atoms with van der Waals surface area (Å²) in [5.41, 5.74) is 1.17. The molecule has 4 rings (SSSR count). The number of nitrogens with one attached hydrogen (secondary N) is 1. The minimum absolute atomic E-state index is 0.0171. The van der Waals surface area contributed by atoms with Crippen LogP contribution in [-0.2, 0) is 9.53 Å². The van der Waals surface area contributed by atoms with Crippen LogP contribution in [0.4, 0.5) is 0 Å². The van der Waals surface area contributed by atoms with E-state index in [-0.39, 0.29) is 17.3 Å². The lowest BCUT2D eigenvalue weighted by atomic mass is 10.2. The molecule has 7 heteroatoms. The van der Waals surface area contributed by atoms with E-state index in [0.29, 0.717) is 6.54 Å². The average Bonchev–Trinajstić information content (AvgIpc) is 3.36. The minimum atomic E-state index is -0.237. The molecule has 1 fully saturated rings. The van der Waals surface area contributed by atoms with Crippen LogP contribution in [0.15, 0.2) is 41.4 Å². The van der Waals surface area contributed by atoms with Gasteiger partial charge in [-0.1, -0.05) is 42.1 Å². The third-order valence-corrected chi connectivity index (χ3v) is 6.89. The molecule has 1 aliphatic rings. The quantitative estimate of drug-likeness (QED) is 0.478. The van der Waals surface area contributed by atoms with Crippen molar-refractivity contribution >= 4 is 39.2 Å². The first-order valence-corrected chi connectivity index (χ1v) is 11.2. The van der Waals surface area contributed by atoms with Gasteiger partial charge in [0.1, 0.15) is 15.7 Å². The van der Waals surface area contributed by atoms with Gasteiger partial charge in [0.2, 0.25) is 5.91 Å². The molecule has 0 unspecified atom stereocenters. The molecule has 3 aromatic rings. The Bertz CT molecular complexity index is 968. The van der Waals surface area contributed by atoms with Crippen molar-refractivity contribution in [2.75, 3.05) is 13.2 Å². The van der Waals surface area contributed by atoms with Crippen LogP contribution >= 0.6 is 23.1 Å². The molecule has 1 aromatic carbocycles. The van der Waals surface area contributed by atoms with Gasteiger partial charge in [-0.05, 0) is 38.3 Å². The van der Waals surface area contributed by atoms with Crippen molar-refractivity contribution in [3.8, 4) is 10.4 Å². The van der Waals surface area contributed by atoms with Gasteiger partial charge in [0.15, 0.2) is 0 Å².